The Hall–Kier alpha value is -3.71. The van der Waals surface area contributed by atoms with Gasteiger partial charge in [0, 0.05) is 42.2 Å². The predicted octanol–water partition coefficient (Wildman–Crippen LogP) is 5.91. The maximum atomic E-state index is 5.91. The van der Waals surface area contributed by atoms with Crippen LogP contribution in [0.4, 0.5) is 5.69 Å². The maximum absolute atomic E-state index is 5.91. The van der Waals surface area contributed by atoms with Crippen molar-refractivity contribution in [3.63, 3.8) is 0 Å². The third-order valence-corrected chi connectivity index (χ3v) is 6.89. The first kappa shape index (κ1) is 24.0. The van der Waals surface area contributed by atoms with Gasteiger partial charge in [-0.05, 0) is 99.6 Å². The van der Waals surface area contributed by atoms with Crippen LogP contribution in [0, 0.1) is 13.8 Å². The van der Waals surface area contributed by atoms with Crippen molar-refractivity contribution in [1.29, 1.82) is 0 Å². The smallest absolute Gasteiger partial charge is 0.174 e. The van der Waals surface area contributed by atoms with Gasteiger partial charge in [-0.15, -0.1) is 0 Å². The fourth-order valence-electron chi connectivity index (χ4n) is 4.95. The summed E-state index contributed by atoms with van der Waals surface area (Å²) in [7, 11) is 0. The van der Waals surface area contributed by atoms with Crippen LogP contribution in [0.25, 0.3) is 0 Å². The van der Waals surface area contributed by atoms with Gasteiger partial charge in [0.15, 0.2) is 5.11 Å². The highest BCUT2D eigenvalue weighted by Crippen LogP contribution is 2.43. The first-order valence-electron chi connectivity index (χ1n) is 12.3. The lowest BCUT2D eigenvalue weighted by Crippen LogP contribution is -2.29. The third kappa shape index (κ3) is 4.71. The Balaban J connectivity index is 1.57. The van der Waals surface area contributed by atoms with E-state index in [-0.39, 0.29) is 18.2 Å². The molecule has 3 aromatic heterocycles. The highest BCUT2D eigenvalue weighted by Gasteiger charge is 2.42. The molecule has 184 valence electrons. The zero-order chi connectivity index (χ0) is 25.2. The molecule has 1 aromatic carbocycles. The summed E-state index contributed by atoms with van der Waals surface area (Å²) in [5, 5.41) is 4.25. The molecule has 2 atom stereocenters. The van der Waals surface area contributed by atoms with Crippen LogP contribution in [0.3, 0.4) is 0 Å². The van der Waals surface area contributed by atoms with Crippen LogP contribution in [0.2, 0.25) is 0 Å². The standard InChI is InChI=1S/C29H31N5OS/c1-19(2)35-24-12-10-23(11-13-24)34-28(27(32-29(34)36)26-9-5-6-15-31-26)25-16-20(3)33(21(25)4)18-22-8-7-14-30-17-22/h5-17,19,27-28H,18H2,1-4H3,(H,32,36)/t27-,28+/m1/s1. The molecular weight excluding hydrogens is 466 g/mol. The summed E-state index contributed by atoms with van der Waals surface area (Å²) in [5.74, 6) is 0.847. The molecule has 1 N–H and O–H groups in total. The Morgan fingerprint density at radius 1 is 1.03 bits per heavy atom. The van der Waals surface area contributed by atoms with Crippen LogP contribution in [-0.4, -0.2) is 25.8 Å². The van der Waals surface area contributed by atoms with Crippen molar-refractivity contribution in [2.24, 2.45) is 0 Å². The number of aryl methyl sites for hydroxylation is 1. The summed E-state index contributed by atoms with van der Waals surface area (Å²) in [5.41, 5.74) is 6.78. The van der Waals surface area contributed by atoms with E-state index < -0.39 is 0 Å². The lowest BCUT2D eigenvalue weighted by Gasteiger charge is -2.28. The maximum Gasteiger partial charge on any atom is 0.174 e. The second kappa shape index (κ2) is 10.1. The van der Waals surface area contributed by atoms with Gasteiger partial charge < -0.3 is 19.5 Å². The number of nitrogens with zero attached hydrogens (tertiary/aromatic N) is 4. The summed E-state index contributed by atoms with van der Waals surface area (Å²) in [6.45, 7) is 9.18. The van der Waals surface area contributed by atoms with Crippen molar-refractivity contribution in [3.05, 3.63) is 107 Å². The number of hydrogen-bond donors (Lipinski definition) is 1. The molecule has 1 aliphatic rings. The van der Waals surface area contributed by atoms with Gasteiger partial charge in [-0.25, -0.2) is 0 Å². The number of nitrogens with one attached hydrogen (secondary N) is 1. The Labute approximate surface area is 218 Å². The van der Waals surface area contributed by atoms with Crippen molar-refractivity contribution < 1.29 is 4.74 Å². The number of ether oxygens (including phenoxy) is 1. The Bertz CT molecular complexity index is 1340. The molecule has 36 heavy (non-hydrogen) atoms. The Kier molecular flexibility index (Phi) is 6.74. The van der Waals surface area contributed by atoms with Crippen LogP contribution >= 0.6 is 12.2 Å². The number of hydrogen-bond acceptors (Lipinski definition) is 4. The molecule has 1 saturated heterocycles. The second-order valence-electron chi connectivity index (χ2n) is 9.43. The monoisotopic (exact) mass is 497 g/mol. The van der Waals surface area contributed by atoms with Gasteiger partial charge in [0.2, 0.25) is 0 Å². The predicted molar refractivity (Wildman–Crippen MR) is 147 cm³/mol. The van der Waals surface area contributed by atoms with Crippen LogP contribution in [-0.2, 0) is 6.54 Å². The van der Waals surface area contributed by atoms with Crippen molar-refractivity contribution in [1.82, 2.24) is 19.9 Å². The minimum absolute atomic E-state index is 0.0573. The molecule has 7 heteroatoms. The lowest BCUT2D eigenvalue weighted by atomic mass is 9.96. The van der Waals surface area contributed by atoms with Crippen LogP contribution in [0.1, 0.15) is 54.1 Å². The summed E-state index contributed by atoms with van der Waals surface area (Å²) in [6, 6.07) is 20.4. The topological polar surface area (TPSA) is 55.2 Å². The van der Waals surface area contributed by atoms with E-state index in [0.29, 0.717) is 5.11 Å². The van der Waals surface area contributed by atoms with E-state index in [1.807, 2.05) is 62.8 Å². The third-order valence-electron chi connectivity index (χ3n) is 6.58. The van der Waals surface area contributed by atoms with Gasteiger partial charge in [0.1, 0.15) is 5.75 Å². The van der Waals surface area contributed by atoms with Gasteiger partial charge in [0.05, 0.1) is 23.9 Å². The molecule has 0 aliphatic carbocycles. The molecule has 0 saturated carbocycles. The molecule has 6 nitrogen and oxygen atoms in total. The zero-order valence-electron chi connectivity index (χ0n) is 21.1. The number of aromatic nitrogens is 3. The average molecular weight is 498 g/mol. The molecule has 0 radical (unpaired) electrons. The molecule has 0 bridgehead atoms. The molecule has 0 spiro atoms. The SMILES string of the molecule is Cc1cc([C@H]2[C@@H](c3ccccn3)NC(=S)N2c2ccc(OC(C)C)cc2)c(C)n1Cc1cccnc1. The van der Waals surface area contributed by atoms with Crippen LogP contribution < -0.4 is 15.0 Å². The number of rotatable bonds is 7. The first-order chi connectivity index (χ1) is 17.4. The minimum Gasteiger partial charge on any atom is -0.491 e. The molecular formula is C29H31N5OS. The van der Waals surface area contributed by atoms with Crippen LogP contribution in [0.15, 0.2) is 79.3 Å². The van der Waals surface area contributed by atoms with Gasteiger partial charge >= 0.3 is 0 Å². The fraction of sp³-hybridized carbons (Fsp3) is 0.276. The van der Waals surface area contributed by atoms with Gasteiger partial charge in [-0.3, -0.25) is 9.97 Å². The van der Waals surface area contributed by atoms with Crippen molar-refractivity contribution in [2.45, 2.75) is 52.4 Å². The molecule has 1 fully saturated rings. The van der Waals surface area contributed by atoms with Gasteiger partial charge in [0.25, 0.3) is 0 Å². The van der Waals surface area contributed by atoms with Gasteiger partial charge in [-0.2, -0.15) is 0 Å². The van der Waals surface area contributed by atoms with Crippen molar-refractivity contribution in [2.75, 3.05) is 4.90 Å². The highest BCUT2D eigenvalue weighted by molar-refractivity contribution is 7.80. The lowest BCUT2D eigenvalue weighted by molar-refractivity contribution is 0.242. The Morgan fingerprint density at radius 3 is 2.50 bits per heavy atom. The highest BCUT2D eigenvalue weighted by atomic mass is 32.1. The minimum atomic E-state index is -0.0855. The molecule has 5 rings (SSSR count). The summed E-state index contributed by atoms with van der Waals surface area (Å²) in [6.07, 6.45) is 5.69. The van der Waals surface area contributed by atoms with E-state index in [2.05, 4.69) is 68.9 Å². The molecule has 0 amide bonds. The normalized spacial score (nSPS) is 17.5. The number of pyridine rings is 2. The van der Waals surface area contributed by atoms with E-state index >= 15 is 0 Å². The largest absolute Gasteiger partial charge is 0.491 e. The van der Waals surface area contributed by atoms with E-state index in [9.17, 15) is 0 Å². The van der Waals surface area contributed by atoms with E-state index in [4.69, 9.17) is 17.0 Å². The molecule has 4 heterocycles. The number of anilines is 1. The molecule has 1 aliphatic heterocycles. The Morgan fingerprint density at radius 2 is 1.83 bits per heavy atom. The van der Waals surface area contributed by atoms with Crippen molar-refractivity contribution in [3.8, 4) is 5.75 Å². The number of benzene rings is 1. The fourth-order valence-corrected chi connectivity index (χ4v) is 5.30. The average Bonchev–Trinajstić information content (AvgIpc) is 3.36. The van der Waals surface area contributed by atoms with E-state index in [0.717, 1.165) is 23.7 Å². The second-order valence-corrected chi connectivity index (χ2v) is 9.82. The van der Waals surface area contributed by atoms with E-state index in [1.54, 1.807) is 0 Å². The van der Waals surface area contributed by atoms with Crippen LogP contribution in [0.5, 0.6) is 5.75 Å². The summed E-state index contributed by atoms with van der Waals surface area (Å²) >= 11 is 5.91. The zero-order valence-corrected chi connectivity index (χ0v) is 21.9. The number of thiocarbonyl (C=S) groups is 1. The molecule has 0 unspecified atom stereocenters. The molecule has 4 aromatic rings. The first-order valence-corrected chi connectivity index (χ1v) is 12.7. The van der Waals surface area contributed by atoms with Crippen molar-refractivity contribution >= 4 is 23.0 Å². The van der Waals surface area contributed by atoms with E-state index in [1.165, 1.54) is 22.5 Å². The summed E-state index contributed by atoms with van der Waals surface area (Å²) < 4.78 is 8.22. The quantitative estimate of drug-likeness (QED) is 0.321. The van der Waals surface area contributed by atoms with Gasteiger partial charge in [-0.1, -0.05) is 12.1 Å². The summed E-state index contributed by atoms with van der Waals surface area (Å²) in [4.78, 5) is 11.2.